The molecule has 1 saturated heterocycles. The minimum Gasteiger partial charge on any atom is -0.379 e. The van der Waals surface area contributed by atoms with Crippen molar-refractivity contribution in [1.82, 2.24) is 29.0 Å². The summed E-state index contributed by atoms with van der Waals surface area (Å²) >= 11 is 0. The summed E-state index contributed by atoms with van der Waals surface area (Å²) in [5.74, 6) is 0.401. The van der Waals surface area contributed by atoms with Gasteiger partial charge in [-0.2, -0.15) is 4.98 Å². The van der Waals surface area contributed by atoms with Crippen LogP contribution in [0.1, 0.15) is 25.7 Å². The van der Waals surface area contributed by atoms with Gasteiger partial charge in [-0.3, -0.25) is 14.1 Å². The van der Waals surface area contributed by atoms with E-state index in [0.29, 0.717) is 48.9 Å². The zero-order chi connectivity index (χ0) is 21.9. The Morgan fingerprint density at radius 3 is 2.75 bits per heavy atom. The number of ether oxygens (including phenoxy) is 1. The van der Waals surface area contributed by atoms with Crippen molar-refractivity contribution in [3.8, 4) is 11.5 Å². The number of fused-ring (bicyclic) bond motifs is 3. The molecule has 10 heteroatoms. The summed E-state index contributed by atoms with van der Waals surface area (Å²) in [6, 6.07) is 4.79. The van der Waals surface area contributed by atoms with E-state index in [1.165, 1.54) is 17.0 Å². The molecule has 0 spiro atoms. The molecule has 1 aliphatic carbocycles. The van der Waals surface area contributed by atoms with Gasteiger partial charge in [-0.15, -0.1) is 0 Å². The van der Waals surface area contributed by atoms with Crippen molar-refractivity contribution >= 4 is 16.6 Å². The number of hydrogen-bond acceptors (Lipinski definition) is 7. The summed E-state index contributed by atoms with van der Waals surface area (Å²) in [5, 5.41) is 4.10. The summed E-state index contributed by atoms with van der Waals surface area (Å²) in [4.78, 5) is 24.8. The van der Waals surface area contributed by atoms with Crippen LogP contribution < -0.4 is 5.56 Å². The molecule has 1 saturated carbocycles. The molecule has 3 aromatic heterocycles. The van der Waals surface area contributed by atoms with Crippen LogP contribution in [0.25, 0.3) is 28.1 Å². The maximum atomic E-state index is 14.9. The quantitative estimate of drug-likeness (QED) is 0.472. The van der Waals surface area contributed by atoms with E-state index < -0.39 is 5.82 Å². The Morgan fingerprint density at radius 2 is 1.97 bits per heavy atom. The average molecular weight is 438 g/mol. The molecule has 0 radical (unpaired) electrons. The molecule has 4 heterocycles. The van der Waals surface area contributed by atoms with Crippen LogP contribution >= 0.6 is 0 Å². The lowest BCUT2D eigenvalue weighted by Gasteiger charge is -2.27. The van der Waals surface area contributed by atoms with Gasteiger partial charge < -0.3 is 13.8 Å². The highest BCUT2D eigenvalue weighted by atomic mass is 19.1. The smallest absolute Gasteiger partial charge is 0.277 e. The first-order valence-electron chi connectivity index (χ1n) is 10.9. The molecule has 32 heavy (non-hydrogen) atoms. The van der Waals surface area contributed by atoms with Gasteiger partial charge in [-0.05, 0) is 25.0 Å². The third-order valence-electron chi connectivity index (χ3n) is 6.61. The topological polar surface area (TPSA) is 90.7 Å². The normalized spacial score (nSPS) is 18.6. The second-order valence-corrected chi connectivity index (χ2v) is 8.81. The van der Waals surface area contributed by atoms with Crippen molar-refractivity contribution in [2.45, 2.75) is 31.7 Å². The lowest BCUT2D eigenvalue weighted by molar-refractivity contribution is 0.0364. The molecule has 6 rings (SSSR count). The Morgan fingerprint density at radius 1 is 1.16 bits per heavy atom. The molecule has 4 aromatic rings. The third kappa shape index (κ3) is 3.05. The highest BCUT2D eigenvalue weighted by Crippen LogP contribution is 2.47. The number of benzene rings is 1. The number of halogens is 1. The molecule has 1 aliphatic heterocycles. The molecule has 0 bridgehead atoms. The van der Waals surface area contributed by atoms with Gasteiger partial charge in [-0.1, -0.05) is 18.1 Å². The number of para-hydroxylation sites is 1. The first-order valence-corrected chi connectivity index (χ1v) is 10.9. The predicted octanol–water partition coefficient (Wildman–Crippen LogP) is 2.22. The maximum Gasteiger partial charge on any atom is 0.277 e. The lowest BCUT2D eigenvalue weighted by Crippen LogP contribution is -2.39. The Bertz CT molecular complexity index is 1380. The summed E-state index contributed by atoms with van der Waals surface area (Å²) in [6.07, 6.45) is 3.52. The van der Waals surface area contributed by atoms with Gasteiger partial charge >= 0.3 is 0 Å². The fourth-order valence-corrected chi connectivity index (χ4v) is 4.34. The van der Waals surface area contributed by atoms with Crippen molar-refractivity contribution in [3.63, 3.8) is 0 Å². The molecule has 1 aromatic carbocycles. The molecule has 2 fully saturated rings. The maximum absolute atomic E-state index is 14.9. The van der Waals surface area contributed by atoms with Crippen LogP contribution in [-0.4, -0.2) is 61.8 Å². The standard InChI is InChI=1S/C22H23FN6O3/c1-22(5-6-22)21-25-19(26-32-21)16-18-20(30)28(8-7-27-9-11-31-12-10-27)17-14(23)3-2-4-15(17)29(18)13-24-16/h2-4,13H,5-12H2,1H3. The fourth-order valence-electron chi connectivity index (χ4n) is 4.34. The highest BCUT2D eigenvalue weighted by Gasteiger charge is 2.44. The van der Waals surface area contributed by atoms with Gasteiger partial charge in [0.25, 0.3) is 5.56 Å². The number of aromatic nitrogens is 5. The van der Waals surface area contributed by atoms with E-state index in [1.807, 2.05) is 0 Å². The van der Waals surface area contributed by atoms with Crippen molar-refractivity contribution in [2.24, 2.45) is 0 Å². The van der Waals surface area contributed by atoms with Crippen molar-refractivity contribution in [2.75, 3.05) is 32.8 Å². The second kappa shape index (κ2) is 7.21. The van der Waals surface area contributed by atoms with Gasteiger partial charge in [0, 0.05) is 31.6 Å². The Labute approximate surface area is 182 Å². The predicted molar refractivity (Wildman–Crippen MR) is 114 cm³/mol. The lowest BCUT2D eigenvalue weighted by atomic mass is 10.1. The van der Waals surface area contributed by atoms with E-state index >= 15 is 0 Å². The number of morpholine rings is 1. The van der Waals surface area contributed by atoms with Gasteiger partial charge in [0.15, 0.2) is 0 Å². The van der Waals surface area contributed by atoms with Gasteiger partial charge in [0.1, 0.15) is 28.9 Å². The number of imidazole rings is 1. The van der Waals surface area contributed by atoms with E-state index in [-0.39, 0.29) is 22.3 Å². The SMILES string of the molecule is CC1(c2nc(-c3ncn4c3c(=O)n(CCN3CCOCC3)c3c(F)cccc34)no2)CC1. The van der Waals surface area contributed by atoms with Crippen LogP contribution in [0, 0.1) is 5.82 Å². The van der Waals surface area contributed by atoms with E-state index in [4.69, 9.17) is 9.26 Å². The molecule has 2 aliphatic rings. The van der Waals surface area contributed by atoms with Crippen LogP contribution in [0.15, 0.2) is 33.8 Å². The van der Waals surface area contributed by atoms with Crippen LogP contribution in [-0.2, 0) is 16.7 Å². The molecule has 0 atom stereocenters. The van der Waals surface area contributed by atoms with E-state index in [9.17, 15) is 9.18 Å². The summed E-state index contributed by atoms with van der Waals surface area (Å²) < 4.78 is 28.9. The molecular formula is C22H23FN6O3. The Kier molecular flexibility index (Phi) is 4.41. The Hall–Kier alpha value is -3.11. The van der Waals surface area contributed by atoms with Crippen LogP contribution in [0.4, 0.5) is 4.39 Å². The Balaban J connectivity index is 1.50. The minimum atomic E-state index is -0.442. The van der Waals surface area contributed by atoms with E-state index in [1.54, 1.807) is 16.5 Å². The molecule has 0 N–H and O–H groups in total. The van der Waals surface area contributed by atoms with Gasteiger partial charge in [0.2, 0.25) is 11.7 Å². The summed E-state index contributed by atoms with van der Waals surface area (Å²) in [5.41, 5.74) is 1.08. The number of rotatable bonds is 5. The van der Waals surface area contributed by atoms with Crippen LogP contribution in [0.5, 0.6) is 0 Å². The number of hydrogen-bond donors (Lipinski definition) is 0. The van der Waals surface area contributed by atoms with Gasteiger partial charge in [-0.25, -0.2) is 9.37 Å². The highest BCUT2D eigenvalue weighted by molar-refractivity contribution is 5.84. The zero-order valence-corrected chi connectivity index (χ0v) is 17.8. The monoisotopic (exact) mass is 438 g/mol. The second-order valence-electron chi connectivity index (χ2n) is 8.81. The van der Waals surface area contributed by atoms with E-state index in [2.05, 4.69) is 26.9 Å². The summed E-state index contributed by atoms with van der Waals surface area (Å²) in [6.45, 7) is 5.96. The van der Waals surface area contributed by atoms with Crippen molar-refractivity contribution in [3.05, 3.63) is 46.6 Å². The van der Waals surface area contributed by atoms with Crippen LogP contribution in [0.2, 0.25) is 0 Å². The molecule has 166 valence electrons. The largest absolute Gasteiger partial charge is 0.379 e. The van der Waals surface area contributed by atoms with Crippen LogP contribution in [0.3, 0.4) is 0 Å². The summed E-state index contributed by atoms with van der Waals surface area (Å²) in [7, 11) is 0. The van der Waals surface area contributed by atoms with Gasteiger partial charge in [0.05, 0.1) is 18.7 Å². The molecular weight excluding hydrogens is 415 g/mol. The van der Waals surface area contributed by atoms with Crippen molar-refractivity contribution in [1.29, 1.82) is 0 Å². The fraction of sp³-hybridized carbons (Fsp3) is 0.455. The van der Waals surface area contributed by atoms with Crippen molar-refractivity contribution < 1.29 is 13.7 Å². The first-order chi connectivity index (χ1) is 15.5. The number of nitrogens with zero attached hydrogens (tertiary/aromatic N) is 6. The zero-order valence-electron chi connectivity index (χ0n) is 17.8. The van der Waals surface area contributed by atoms with E-state index in [0.717, 1.165) is 25.9 Å². The average Bonchev–Trinajstić information content (AvgIpc) is 3.19. The first kappa shape index (κ1) is 19.6. The molecule has 0 unspecified atom stereocenters. The minimum absolute atomic E-state index is 0.0883. The molecule has 9 nitrogen and oxygen atoms in total. The molecule has 0 amide bonds. The third-order valence-corrected chi connectivity index (χ3v) is 6.61.